The van der Waals surface area contributed by atoms with Crippen molar-refractivity contribution in [1.29, 1.82) is 0 Å². The summed E-state index contributed by atoms with van der Waals surface area (Å²) in [4.78, 5) is 1.42. The van der Waals surface area contributed by atoms with Crippen molar-refractivity contribution in [2.45, 2.75) is 25.7 Å². The average molecular weight is 292 g/mol. The zero-order valence-electron chi connectivity index (χ0n) is 8.84. The Kier molecular flexibility index (Phi) is 7.26. The van der Waals surface area contributed by atoms with Gasteiger partial charge in [0.1, 0.15) is 0 Å². The van der Waals surface area contributed by atoms with Crippen LogP contribution in [0.25, 0.3) is 0 Å². The van der Waals surface area contributed by atoms with Gasteiger partial charge in [-0.3, -0.25) is 0 Å². The molecule has 0 unspecified atom stereocenters. The summed E-state index contributed by atoms with van der Waals surface area (Å²) in [6.07, 6.45) is 4.32. The van der Waals surface area contributed by atoms with E-state index in [1.54, 1.807) is 11.3 Å². The fourth-order valence-electron chi connectivity index (χ4n) is 1.36. The second-order valence-electron chi connectivity index (χ2n) is 3.49. The molecule has 0 saturated heterocycles. The summed E-state index contributed by atoms with van der Waals surface area (Å²) in [7, 11) is 0. The molecule has 4 heteroatoms. The molecule has 1 aromatic rings. The van der Waals surface area contributed by atoms with Crippen LogP contribution in [0.5, 0.6) is 0 Å². The van der Waals surface area contributed by atoms with Crippen molar-refractivity contribution in [3.05, 3.63) is 20.8 Å². The Morgan fingerprint density at radius 2 is 2.07 bits per heavy atom. The Hall–Kier alpha value is 0.1000. The number of rotatable bonds is 8. The first-order chi connectivity index (χ1) is 7.33. The van der Waals surface area contributed by atoms with Crippen molar-refractivity contribution < 1.29 is 5.11 Å². The third-order valence-corrected chi connectivity index (χ3v) is 3.87. The van der Waals surface area contributed by atoms with E-state index < -0.39 is 0 Å². The molecule has 0 amide bonds. The second-order valence-corrected chi connectivity index (χ2v) is 6.04. The Bertz CT molecular complexity index is 265. The monoisotopic (exact) mass is 291 g/mol. The lowest BCUT2D eigenvalue weighted by molar-refractivity contribution is 0.283. The number of aliphatic hydroxyl groups is 1. The largest absolute Gasteiger partial charge is 0.396 e. The first-order valence-corrected chi connectivity index (χ1v) is 6.99. The standard InChI is InChI=1S/C11H18BrNOS/c12-11-5-4-10(15-11)6-8-13-7-2-1-3-9-14/h4-5,13-14H,1-3,6-9H2. The summed E-state index contributed by atoms with van der Waals surface area (Å²) in [5.74, 6) is 0. The molecule has 0 radical (unpaired) electrons. The van der Waals surface area contributed by atoms with Crippen molar-refractivity contribution in [1.82, 2.24) is 5.32 Å². The van der Waals surface area contributed by atoms with Gasteiger partial charge >= 0.3 is 0 Å². The molecular weight excluding hydrogens is 274 g/mol. The predicted octanol–water partition coefficient (Wildman–Crippen LogP) is 2.81. The van der Waals surface area contributed by atoms with E-state index in [0.29, 0.717) is 6.61 Å². The molecule has 0 bridgehead atoms. The van der Waals surface area contributed by atoms with Gasteiger partial charge in [0.05, 0.1) is 3.79 Å². The first-order valence-electron chi connectivity index (χ1n) is 5.38. The zero-order valence-corrected chi connectivity index (χ0v) is 11.2. The average Bonchev–Trinajstić information content (AvgIpc) is 2.63. The third kappa shape index (κ3) is 6.30. The highest BCUT2D eigenvalue weighted by Gasteiger charge is 1.96. The van der Waals surface area contributed by atoms with Crippen LogP contribution in [0.15, 0.2) is 15.9 Å². The molecule has 86 valence electrons. The molecule has 0 aliphatic heterocycles. The summed E-state index contributed by atoms with van der Waals surface area (Å²) < 4.78 is 1.21. The smallest absolute Gasteiger partial charge is 0.0701 e. The number of hydrogen-bond donors (Lipinski definition) is 2. The van der Waals surface area contributed by atoms with Crippen LogP contribution in [-0.4, -0.2) is 24.8 Å². The molecule has 1 heterocycles. The Labute approximate surface area is 104 Å². The SMILES string of the molecule is OCCCCCNCCc1ccc(Br)s1. The quantitative estimate of drug-likeness (QED) is 0.722. The minimum absolute atomic E-state index is 0.323. The maximum Gasteiger partial charge on any atom is 0.0701 e. The molecule has 1 aromatic heterocycles. The van der Waals surface area contributed by atoms with Crippen molar-refractivity contribution >= 4 is 27.3 Å². The molecule has 2 N–H and O–H groups in total. The van der Waals surface area contributed by atoms with Gasteiger partial charge in [0, 0.05) is 11.5 Å². The van der Waals surface area contributed by atoms with E-state index in [9.17, 15) is 0 Å². The normalized spacial score (nSPS) is 10.8. The number of hydrogen-bond acceptors (Lipinski definition) is 3. The number of aliphatic hydroxyl groups excluding tert-OH is 1. The molecule has 0 aliphatic carbocycles. The van der Waals surface area contributed by atoms with Gasteiger partial charge in [-0.2, -0.15) is 0 Å². The Balaban J connectivity index is 1.93. The van der Waals surface area contributed by atoms with E-state index in [2.05, 4.69) is 33.4 Å². The van der Waals surface area contributed by atoms with Crippen LogP contribution in [0.1, 0.15) is 24.1 Å². The van der Waals surface area contributed by atoms with Crippen LogP contribution in [0, 0.1) is 0 Å². The van der Waals surface area contributed by atoms with Gasteiger partial charge in [0.2, 0.25) is 0 Å². The van der Waals surface area contributed by atoms with Gasteiger partial charge in [-0.05, 0) is 66.8 Å². The minimum atomic E-state index is 0.323. The van der Waals surface area contributed by atoms with Gasteiger partial charge in [-0.15, -0.1) is 11.3 Å². The van der Waals surface area contributed by atoms with Crippen LogP contribution in [0.4, 0.5) is 0 Å². The maximum atomic E-state index is 8.60. The molecule has 1 rings (SSSR count). The molecule has 0 aromatic carbocycles. The fraction of sp³-hybridized carbons (Fsp3) is 0.636. The summed E-state index contributed by atoms with van der Waals surface area (Å²) in [6.45, 7) is 2.43. The highest BCUT2D eigenvalue weighted by molar-refractivity contribution is 9.11. The van der Waals surface area contributed by atoms with E-state index in [4.69, 9.17) is 5.11 Å². The van der Waals surface area contributed by atoms with E-state index in [-0.39, 0.29) is 0 Å². The number of thiophene rings is 1. The molecule has 0 aliphatic rings. The second kappa shape index (κ2) is 8.28. The molecular formula is C11H18BrNOS. The number of unbranched alkanes of at least 4 members (excludes halogenated alkanes) is 2. The van der Waals surface area contributed by atoms with Crippen LogP contribution in [0.2, 0.25) is 0 Å². The van der Waals surface area contributed by atoms with Crippen molar-refractivity contribution in [3.63, 3.8) is 0 Å². The predicted molar refractivity (Wildman–Crippen MR) is 69.5 cm³/mol. The molecule has 0 saturated carbocycles. The maximum absolute atomic E-state index is 8.60. The van der Waals surface area contributed by atoms with E-state index >= 15 is 0 Å². The van der Waals surface area contributed by atoms with Crippen LogP contribution in [-0.2, 0) is 6.42 Å². The van der Waals surface area contributed by atoms with Gasteiger partial charge in [-0.1, -0.05) is 0 Å². The fourth-order valence-corrected chi connectivity index (χ4v) is 2.84. The van der Waals surface area contributed by atoms with Crippen molar-refractivity contribution in [2.75, 3.05) is 19.7 Å². The van der Waals surface area contributed by atoms with Gasteiger partial charge < -0.3 is 10.4 Å². The Morgan fingerprint density at radius 1 is 1.20 bits per heavy atom. The highest BCUT2D eigenvalue weighted by Crippen LogP contribution is 2.21. The molecule has 2 nitrogen and oxygen atoms in total. The van der Waals surface area contributed by atoms with Crippen LogP contribution < -0.4 is 5.32 Å². The first kappa shape index (κ1) is 13.2. The van der Waals surface area contributed by atoms with E-state index in [1.807, 2.05) is 0 Å². The van der Waals surface area contributed by atoms with Gasteiger partial charge in [0.15, 0.2) is 0 Å². The molecule has 0 fully saturated rings. The van der Waals surface area contributed by atoms with E-state index in [1.165, 1.54) is 8.66 Å². The minimum Gasteiger partial charge on any atom is -0.396 e. The summed E-state index contributed by atoms with van der Waals surface area (Å²) >= 11 is 5.26. The lowest BCUT2D eigenvalue weighted by atomic mass is 10.2. The molecule has 15 heavy (non-hydrogen) atoms. The lowest BCUT2D eigenvalue weighted by Gasteiger charge is -2.02. The van der Waals surface area contributed by atoms with Gasteiger partial charge in [0.25, 0.3) is 0 Å². The Morgan fingerprint density at radius 3 is 2.73 bits per heavy atom. The number of halogens is 1. The van der Waals surface area contributed by atoms with Crippen LogP contribution >= 0.6 is 27.3 Å². The van der Waals surface area contributed by atoms with Crippen molar-refractivity contribution in [3.8, 4) is 0 Å². The lowest BCUT2D eigenvalue weighted by Crippen LogP contribution is -2.18. The summed E-state index contributed by atoms with van der Waals surface area (Å²) in [6, 6.07) is 4.27. The zero-order chi connectivity index (χ0) is 10.9. The summed E-state index contributed by atoms with van der Waals surface area (Å²) in [5.41, 5.74) is 0. The van der Waals surface area contributed by atoms with Crippen molar-refractivity contribution in [2.24, 2.45) is 0 Å². The molecule has 0 spiro atoms. The van der Waals surface area contributed by atoms with Crippen LogP contribution in [0.3, 0.4) is 0 Å². The van der Waals surface area contributed by atoms with Gasteiger partial charge in [-0.25, -0.2) is 0 Å². The highest BCUT2D eigenvalue weighted by atomic mass is 79.9. The van der Waals surface area contributed by atoms with E-state index in [0.717, 1.165) is 38.8 Å². The molecule has 0 atom stereocenters. The topological polar surface area (TPSA) is 32.3 Å². The summed E-state index contributed by atoms with van der Waals surface area (Å²) in [5, 5.41) is 12.0. The number of nitrogens with one attached hydrogen (secondary N) is 1. The third-order valence-electron chi connectivity index (χ3n) is 2.19.